The van der Waals surface area contributed by atoms with E-state index in [0.29, 0.717) is 12.2 Å². The number of carbonyl (C=O) groups excluding carboxylic acids is 3. The molecule has 0 bridgehead atoms. The van der Waals surface area contributed by atoms with E-state index >= 15 is 0 Å². The average molecular weight is 332 g/mol. The van der Waals surface area contributed by atoms with Gasteiger partial charge in [-0.25, -0.2) is 4.79 Å². The quantitative estimate of drug-likeness (QED) is 0.352. The summed E-state index contributed by atoms with van der Waals surface area (Å²) in [6, 6.07) is 0. The molecule has 0 aromatic heterocycles. The van der Waals surface area contributed by atoms with Crippen LogP contribution >= 0.6 is 11.8 Å². The van der Waals surface area contributed by atoms with Crippen LogP contribution in [0.15, 0.2) is 10.7 Å². The Kier molecular flexibility index (Phi) is 11.0. The molecule has 0 aliphatic heterocycles. The molecule has 0 saturated carbocycles. The second kappa shape index (κ2) is 11.9. The van der Waals surface area contributed by atoms with Gasteiger partial charge in [-0.3, -0.25) is 9.59 Å². The molecule has 7 nitrogen and oxygen atoms in total. The van der Waals surface area contributed by atoms with E-state index in [0.717, 1.165) is 24.6 Å². The smallest absolute Gasteiger partial charge is 0.357 e. The first-order valence-corrected chi connectivity index (χ1v) is 8.13. The van der Waals surface area contributed by atoms with Gasteiger partial charge in [0.05, 0.1) is 11.6 Å². The molecule has 0 rings (SSSR count). The largest absolute Gasteiger partial charge is 0.465 e. The van der Waals surface area contributed by atoms with Gasteiger partial charge in [-0.05, 0) is 13.3 Å². The van der Waals surface area contributed by atoms with E-state index in [1.807, 2.05) is 6.92 Å². The Morgan fingerprint density at radius 3 is 2.41 bits per heavy atom. The maximum atomic E-state index is 11.9. The van der Waals surface area contributed by atoms with Crippen molar-refractivity contribution in [3.63, 3.8) is 0 Å². The SMILES string of the molecule is CCCCC(=O)NC(C(=O)OCC)=C(N)SCCOC(C)=O. The number of carbonyl (C=O) groups is 3. The van der Waals surface area contributed by atoms with Crippen molar-refractivity contribution in [3.05, 3.63) is 10.7 Å². The van der Waals surface area contributed by atoms with Crippen LogP contribution in [0.1, 0.15) is 40.0 Å². The minimum Gasteiger partial charge on any atom is -0.465 e. The summed E-state index contributed by atoms with van der Waals surface area (Å²) in [6.07, 6.45) is 1.91. The summed E-state index contributed by atoms with van der Waals surface area (Å²) in [4.78, 5) is 34.3. The normalized spacial score (nSPS) is 11.4. The van der Waals surface area contributed by atoms with Gasteiger partial charge in [0.25, 0.3) is 0 Å². The molecule has 0 fully saturated rings. The molecule has 0 aliphatic rings. The number of amides is 1. The number of esters is 2. The highest BCUT2D eigenvalue weighted by Gasteiger charge is 2.18. The fraction of sp³-hybridized carbons (Fsp3) is 0.643. The van der Waals surface area contributed by atoms with Crippen molar-refractivity contribution in [3.8, 4) is 0 Å². The van der Waals surface area contributed by atoms with Crippen molar-refractivity contribution in [2.75, 3.05) is 19.0 Å². The highest BCUT2D eigenvalue weighted by Crippen LogP contribution is 2.14. The molecule has 8 heteroatoms. The Labute approximate surface area is 135 Å². The van der Waals surface area contributed by atoms with Crippen molar-refractivity contribution in [2.24, 2.45) is 5.73 Å². The highest BCUT2D eigenvalue weighted by atomic mass is 32.2. The molecule has 0 aromatic carbocycles. The van der Waals surface area contributed by atoms with Crippen LogP contribution in [0.5, 0.6) is 0 Å². The molecule has 0 spiro atoms. The van der Waals surface area contributed by atoms with Gasteiger partial charge in [-0.1, -0.05) is 13.3 Å². The van der Waals surface area contributed by atoms with Crippen LogP contribution in [0, 0.1) is 0 Å². The van der Waals surface area contributed by atoms with Crippen molar-refractivity contribution in [1.82, 2.24) is 5.32 Å². The maximum Gasteiger partial charge on any atom is 0.357 e. The third kappa shape index (κ3) is 9.28. The summed E-state index contributed by atoms with van der Waals surface area (Å²) in [5, 5.41) is 2.63. The number of ether oxygens (including phenoxy) is 2. The fourth-order valence-corrected chi connectivity index (χ4v) is 2.03. The molecule has 0 aromatic rings. The Morgan fingerprint density at radius 2 is 1.86 bits per heavy atom. The third-order valence-electron chi connectivity index (χ3n) is 2.39. The Bertz CT molecular complexity index is 423. The second-order valence-electron chi connectivity index (χ2n) is 4.30. The number of hydrogen-bond donors (Lipinski definition) is 2. The first kappa shape index (κ1) is 20.3. The molecular weight excluding hydrogens is 308 g/mol. The maximum absolute atomic E-state index is 11.9. The van der Waals surface area contributed by atoms with E-state index in [1.54, 1.807) is 6.92 Å². The number of nitrogens with one attached hydrogen (secondary N) is 1. The van der Waals surface area contributed by atoms with Gasteiger partial charge < -0.3 is 20.5 Å². The highest BCUT2D eigenvalue weighted by molar-refractivity contribution is 8.03. The third-order valence-corrected chi connectivity index (χ3v) is 3.28. The summed E-state index contributed by atoms with van der Waals surface area (Å²) >= 11 is 1.11. The summed E-state index contributed by atoms with van der Waals surface area (Å²) in [6.45, 7) is 5.29. The van der Waals surface area contributed by atoms with E-state index in [9.17, 15) is 14.4 Å². The average Bonchev–Trinajstić information content (AvgIpc) is 2.46. The molecular formula is C14H24N2O5S. The lowest BCUT2D eigenvalue weighted by molar-refractivity contribution is -0.141. The Morgan fingerprint density at radius 1 is 1.18 bits per heavy atom. The molecule has 0 atom stereocenters. The van der Waals surface area contributed by atoms with E-state index in [1.165, 1.54) is 6.92 Å². The zero-order chi connectivity index (χ0) is 17.0. The van der Waals surface area contributed by atoms with Gasteiger partial charge in [-0.2, -0.15) is 0 Å². The lowest BCUT2D eigenvalue weighted by Crippen LogP contribution is -2.31. The summed E-state index contributed by atoms with van der Waals surface area (Å²) < 4.78 is 9.66. The number of rotatable bonds is 10. The van der Waals surface area contributed by atoms with Crippen molar-refractivity contribution in [2.45, 2.75) is 40.0 Å². The number of hydrogen-bond acceptors (Lipinski definition) is 7. The van der Waals surface area contributed by atoms with Crippen LogP contribution in [0.3, 0.4) is 0 Å². The van der Waals surface area contributed by atoms with Crippen LogP contribution < -0.4 is 11.1 Å². The summed E-state index contributed by atoms with van der Waals surface area (Å²) in [5.74, 6) is -0.973. The molecule has 3 N–H and O–H groups in total. The van der Waals surface area contributed by atoms with Crippen molar-refractivity contribution >= 4 is 29.6 Å². The van der Waals surface area contributed by atoms with E-state index in [4.69, 9.17) is 15.2 Å². The molecule has 0 heterocycles. The zero-order valence-electron chi connectivity index (χ0n) is 13.3. The van der Waals surface area contributed by atoms with Gasteiger partial charge in [0, 0.05) is 19.1 Å². The van der Waals surface area contributed by atoms with Crippen LogP contribution in [0.4, 0.5) is 0 Å². The van der Waals surface area contributed by atoms with Gasteiger partial charge in [0.15, 0.2) is 5.70 Å². The number of nitrogens with two attached hydrogens (primary N) is 1. The minimum absolute atomic E-state index is 0.0595. The summed E-state index contributed by atoms with van der Waals surface area (Å²) in [7, 11) is 0. The molecule has 0 radical (unpaired) electrons. The monoisotopic (exact) mass is 332 g/mol. The van der Waals surface area contributed by atoms with Gasteiger partial charge in [0.2, 0.25) is 5.91 Å². The standard InChI is InChI=1S/C14H24N2O5S/c1-4-6-7-11(18)16-12(14(19)20-5-2)13(15)22-9-8-21-10(3)17/h4-9,15H2,1-3H3,(H,16,18). The molecule has 0 aliphatic carbocycles. The van der Waals surface area contributed by atoms with Gasteiger partial charge in [0.1, 0.15) is 6.61 Å². The van der Waals surface area contributed by atoms with Gasteiger partial charge >= 0.3 is 11.9 Å². The van der Waals surface area contributed by atoms with E-state index in [2.05, 4.69) is 5.32 Å². The van der Waals surface area contributed by atoms with Crippen LogP contribution in [0.2, 0.25) is 0 Å². The first-order chi connectivity index (χ1) is 10.4. The molecule has 1 amide bonds. The molecule has 0 unspecified atom stereocenters. The predicted molar refractivity (Wildman–Crippen MR) is 84.6 cm³/mol. The lowest BCUT2D eigenvalue weighted by atomic mass is 10.2. The van der Waals surface area contributed by atoms with Crippen LogP contribution in [-0.4, -0.2) is 36.8 Å². The Balaban J connectivity index is 4.72. The zero-order valence-corrected chi connectivity index (χ0v) is 14.1. The lowest BCUT2D eigenvalue weighted by Gasteiger charge is -2.12. The fourth-order valence-electron chi connectivity index (χ4n) is 1.36. The summed E-state index contributed by atoms with van der Waals surface area (Å²) in [5.41, 5.74) is 5.77. The molecule has 0 saturated heterocycles. The van der Waals surface area contributed by atoms with Crippen molar-refractivity contribution < 1.29 is 23.9 Å². The van der Waals surface area contributed by atoms with Gasteiger partial charge in [-0.15, -0.1) is 11.8 Å². The van der Waals surface area contributed by atoms with E-state index in [-0.39, 0.29) is 35.8 Å². The molecule has 22 heavy (non-hydrogen) atoms. The van der Waals surface area contributed by atoms with Crippen LogP contribution in [-0.2, 0) is 23.9 Å². The predicted octanol–water partition coefficient (Wildman–Crippen LogP) is 1.28. The minimum atomic E-state index is -0.676. The van der Waals surface area contributed by atoms with E-state index < -0.39 is 5.97 Å². The Hall–Kier alpha value is -1.70. The molecule has 126 valence electrons. The topological polar surface area (TPSA) is 108 Å². The second-order valence-corrected chi connectivity index (χ2v) is 5.44. The number of unbranched alkanes of at least 4 members (excludes halogenated alkanes) is 1. The number of thioether (sulfide) groups is 1. The first-order valence-electron chi connectivity index (χ1n) is 7.15. The van der Waals surface area contributed by atoms with Crippen molar-refractivity contribution in [1.29, 1.82) is 0 Å². The van der Waals surface area contributed by atoms with Crippen LogP contribution in [0.25, 0.3) is 0 Å².